The van der Waals surface area contributed by atoms with Crippen LogP contribution in [0, 0.1) is 6.92 Å². The molecule has 0 radical (unpaired) electrons. The van der Waals surface area contributed by atoms with Gasteiger partial charge in [-0.15, -0.1) is 0 Å². The van der Waals surface area contributed by atoms with Crippen molar-refractivity contribution in [2.45, 2.75) is 19.8 Å². The van der Waals surface area contributed by atoms with Crippen molar-refractivity contribution in [2.75, 3.05) is 0 Å². The van der Waals surface area contributed by atoms with Crippen molar-refractivity contribution in [3.8, 4) is 0 Å². The van der Waals surface area contributed by atoms with E-state index in [0.717, 1.165) is 15.6 Å². The molecule has 0 unspecified atom stereocenters. The fourth-order valence-corrected chi connectivity index (χ4v) is 1.67. The molecule has 1 aromatic rings. The van der Waals surface area contributed by atoms with Gasteiger partial charge in [0.05, 0.1) is 0 Å². The molecular weight excluding hydrogens is 258 g/mol. The van der Waals surface area contributed by atoms with E-state index >= 15 is 0 Å². The number of benzene rings is 1. The number of nitrogens with zero attached hydrogens (tertiary/aromatic N) is 3. The Bertz CT molecular complexity index is 425. The molecule has 0 aliphatic heterocycles. The number of carbonyl (C=O) groups is 1. The van der Waals surface area contributed by atoms with Crippen molar-refractivity contribution in [1.82, 2.24) is 0 Å². The molecule has 5 heteroatoms. The molecule has 0 saturated heterocycles. The smallest absolute Gasteiger partial charge is 0.219 e. The number of carbonyl (C=O) groups excluding carboxylic acids is 1. The lowest BCUT2D eigenvalue weighted by molar-refractivity contribution is -0.117. The first-order valence-corrected chi connectivity index (χ1v) is 5.26. The highest BCUT2D eigenvalue weighted by Gasteiger charge is 2.04. The Labute approximate surface area is 96.1 Å². The average molecular weight is 268 g/mol. The van der Waals surface area contributed by atoms with Crippen LogP contribution < -0.4 is 0 Å². The number of amides is 1. The lowest BCUT2D eigenvalue weighted by Gasteiger charge is -2.05. The molecule has 0 atom stereocenters. The van der Waals surface area contributed by atoms with E-state index in [1.165, 1.54) is 0 Å². The summed E-state index contributed by atoms with van der Waals surface area (Å²) in [7, 11) is 0. The average Bonchev–Trinajstić information content (AvgIpc) is 2.21. The third kappa shape index (κ3) is 3.38. The molecule has 4 nitrogen and oxygen atoms in total. The summed E-state index contributed by atoms with van der Waals surface area (Å²) >= 11 is 3.42. The first-order valence-electron chi connectivity index (χ1n) is 4.47. The van der Waals surface area contributed by atoms with Gasteiger partial charge in [-0.25, -0.2) is 0 Å². The van der Waals surface area contributed by atoms with Gasteiger partial charge in [0.2, 0.25) is 5.91 Å². The Morgan fingerprint density at radius 1 is 1.60 bits per heavy atom. The Hall–Kier alpha value is -1.32. The lowest BCUT2D eigenvalue weighted by atomic mass is 10.0. The maximum absolute atomic E-state index is 11.0. The summed E-state index contributed by atoms with van der Waals surface area (Å²) < 4.78 is 1.02. The minimum Gasteiger partial charge on any atom is -0.293 e. The molecule has 0 spiro atoms. The minimum absolute atomic E-state index is 0.251. The molecule has 0 N–H and O–H groups in total. The van der Waals surface area contributed by atoms with Crippen molar-refractivity contribution in [2.24, 2.45) is 5.11 Å². The molecule has 0 saturated carbocycles. The zero-order valence-electron chi connectivity index (χ0n) is 8.27. The van der Waals surface area contributed by atoms with E-state index in [1.807, 2.05) is 25.1 Å². The van der Waals surface area contributed by atoms with E-state index in [4.69, 9.17) is 5.53 Å². The van der Waals surface area contributed by atoms with Crippen LogP contribution >= 0.6 is 15.9 Å². The molecule has 1 rings (SSSR count). The van der Waals surface area contributed by atoms with Crippen molar-refractivity contribution in [1.29, 1.82) is 0 Å². The fourth-order valence-electron chi connectivity index (χ4n) is 1.26. The van der Waals surface area contributed by atoms with Crippen LogP contribution in [0.5, 0.6) is 0 Å². The fraction of sp³-hybridized carbons (Fsp3) is 0.300. The van der Waals surface area contributed by atoms with Crippen LogP contribution in [0.1, 0.15) is 17.5 Å². The SMILES string of the molecule is Cc1c(Br)cccc1CCC(=O)N=[N+]=[N-]. The van der Waals surface area contributed by atoms with Crippen molar-refractivity contribution in [3.63, 3.8) is 0 Å². The van der Waals surface area contributed by atoms with Gasteiger partial charge in [-0.2, -0.15) is 0 Å². The van der Waals surface area contributed by atoms with Crippen LogP contribution in [0.3, 0.4) is 0 Å². The van der Waals surface area contributed by atoms with Gasteiger partial charge in [0, 0.05) is 15.8 Å². The molecule has 78 valence electrons. The van der Waals surface area contributed by atoms with Crippen LogP contribution in [0.15, 0.2) is 27.8 Å². The van der Waals surface area contributed by atoms with Gasteiger partial charge in [0.1, 0.15) is 0 Å². The van der Waals surface area contributed by atoms with Gasteiger partial charge in [-0.3, -0.25) is 4.79 Å². The van der Waals surface area contributed by atoms with Crippen LogP contribution in [0.25, 0.3) is 10.4 Å². The predicted molar refractivity (Wildman–Crippen MR) is 61.4 cm³/mol. The molecular formula is C10H10BrN3O. The molecule has 1 aromatic carbocycles. The number of rotatable bonds is 3. The van der Waals surface area contributed by atoms with E-state index in [9.17, 15) is 4.79 Å². The molecule has 0 fully saturated rings. The van der Waals surface area contributed by atoms with E-state index in [-0.39, 0.29) is 6.42 Å². The lowest BCUT2D eigenvalue weighted by Crippen LogP contribution is -1.97. The normalized spacial score (nSPS) is 9.47. The highest BCUT2D eigenvalue weighted by molar-refractivity contribution is 9.10. The topological polar surface area (TPSA) is 65.8 Å². The molecule has 0 aliphatic rings. The highest BCUT2D eigenvalue weighted by Crippen LogP contribution is 2.20. The summed E-state index contributed by atoms with van der Waals surface area (Å²) in [5, 5.41) is 3.02. The summed E-state index contributed by atoms with van der Waals surface area (Å²) in [4.78, 5) is 13.4. The Kier molecular flexibility index (Phi) is 4.34. The largest absolute Gasteiger partial charge is 0.293 e. The monoisotopic (exact) mass is 267 g/mol. The number of halogens is 1. The second-order valence-corrected chi connectivity index (χ2v) is 3.96. The maximum atomic E-state index is 11.0. The summed E-state index contributed by atoms with van der Waals surface area (Å²) in [6.45, 7) is 1.98. The molecule has 0 aliphatic carbocycles. The standard InChI is InChI=1S/C10H10BrN3O/c1-7-8(3-2-4-9(7)11)5-6-10(15)13-14-12/h2-4H,5-6H2,1H3. The molecule has 0 aromatic heterocycles. The Balaban J connectivity index is 2.69. The van der Waals surface area contributed by atoms with Crippen LogP contribution in [0.4, 0.5) is 0 Å². The maximum Gasteiger partial charge on any atom is 0.219 e. The van der Waals surface area contributed by atoms with Gasteiger partial charge in [0.25, 0.3) is 0 Å². The minimum atomic E-state index is -0.420. The van der Waals surface area contributed by atoms with E-state index in [1.54, 1.807) is 0 Å². The second kappa shape index (κ2) is 5.53. The number of azide groups is 1. The predicted octanol–water partition coefficient (Wildman–Crippen LogP) is 3.53. The first-order chi connectivity index (χ1) is 7.15. The summed E-state index contributed by atoms with van der Waals surface area (Å²) in [6, 6.07) is 5.84. The molecule has 0 bridgehead atoms. The van der Waals surface area contributed by atoms with Crippen LogP contribution in [-0.2, 0) is 11.2 Å². The summed E-state index contributed by atoms with van der Waals surface area (Å²) in [5.74, 6) is -0.420. The van der Waals surface area contributed by atoms with E-state index in [2.05, 4.69) is 26.0 Å². The van der Waals surface area contributed by atoms with Gasteiger partial charge < -0.3 is 0 Å². The van der Waals surface area contributed by atoms with Crippen molar-refractivity contribution < 1.29 is 4.79 Å². The van der Waals surface area contributed by atoms with Gasteiger partial charge in [-0.05, 0) is 41.2 Å². The van der Waals surface area contributed by atoms with Gasteiger partial charge in [0.15, 0.2) is 0 Å². The van der Waals surface area contributed by atoms with Crippen LogP contribution in [0.2, 0.25) is 0 Å². The Morgan fingerprint density at radius 3 is 3.00 bits per heavy atom. The zero-order chi connectivity index (χ0) is 11.3. The van der Waals surface area contributed by atoms with Crippen molar-refractivity contribution in [3.05, 3.63) is 44.2 Å². The summed E-state index contributed by atoms with van der Waals surface area (Å²) in [6.07, 6.45) is 0.852. The van der Waals surface area contributed by atoms with E-state index < -0.39 is 5.91 Å². The molecule has 15 heavy (non-hydrogen) atoms. The van der Waals surface area contributed by atoms with Crippen molar-refractivity contribution >= 4 is 21.8 Å². The highest BCUT2D eigenvalue weighted by atomic mass is 79.9. The molecule has 0 heterocycles. The Morgan fingerprint density at radius 2 is 2.33 bits per heavy atom. The van der Waals surface area contributed by atoms with E-state index in [0.29, 0.717) is 6.42 Å². The second-order valence-electron chi connectivity index (χ2n) is 3.11. The number of hydrogen-bond donors (Lipinski definition) is 0. The number of hydrogen-bond acceptors (Lipinski definition) is 1. The van der Waals surface area contributed by atoms with Gasteiger partial charge in [-0.1, -0.05) is 28.1 Å². The van der Waals surface area contributed by atoms with Gasteiger partial charge >= 0.3 is 0 Å². The quantitative estimate of drug-likeness (QED) is 0.469. The summed E-state index contributed by atoms with van der Waals surface area (Å²) in [5.41, 5.74) is 10.3. The zero-order valence-corrected chi connectivity index (χ0v) is 9.86. The molecule has 1 amide bonds. The third-order valence-corrected chi connectivity index (χ3v) is 3.00. The number of aryl methyl sites for hydroxylation is 1. The first kappa shape index (κ1) is 11.8. The van der Waals surface area contributed by atoms with Crippen LogP contribution in [-0.4, -0.2) is 5.91 Å². The third-order valence-electron chi connectivity index (χ3n) is 2.14.